The van der Waals surface area contributed by atoms with Crippen molar-refractivity contribution in [3.05, 3.63) is 83.9 Å². The van der Waals surface area contributed by atoms with E-state index in [0.29, 0.717) is 17.5 Å². The molecule has 21 heavy (non-hydrogen) atoms. The van der Waals surface area contributed by atoms with Crippen LogP contribution in [0.15, 0.2) is 67.3 Å². The fourth-order valence-corrected chi connectivity index (χ4v) is 2.64. The normalized spacial score (nSPS) is 15.0. The van der Waals surface area contributed by atoms with Crippen molar-refractivity contribution in [1.29, 1.82) is 0 Å². The molecule has 0 spiro atoms. The van der Waals surface area contributed by atoms with E-state index in [9.17, 15) is 9.59 Å². The first-order valence-electron chi connectivity index (χ1n) is 6.86. The van der Waals surface area contributed by atoms with E-state index < -0.39 is 0 Å². The quantitative estimate of drug-likeness (QED) is 0.636. The number of fused-ring (bicyclic) bond motifs is 1. The van der Waals surface area contributed by atoms with Crippen LogP contribution in [0.2, 0.25) is 0 Å². The third-order valence-corrected chi connectivity index (χ3v) is 3.72. The Morgan fingerprint density at radius 1 is 0.905 bits per heavy atom. The average Bonchev–Trinajstić information content (AvgIpc) is 2.78. The molecule has 1 atom stereocenters. The summed E-state index contributed by atoms with van der Waals surface area (Å²) < 4.78 is 0. The summed E-state index contributed by atoms with van der Waals surface area (Å²) in [6, 6.07) is 16.4. The van der Waals surface area contributed by atoms with Crippen molar-refractivity contribution in [1.82, 2.24) is 4.90 Å². The van der Waals surface area contributed by atoms with Crippen molar-refractivity contribution in [2.45, 2.75) is 12.5 Å². The minimum atomic E-state index is -0.334. The number of carbonyl (C=O) groups excluding carboxylic acids is 2. The van der Waals surface area contributed by atoms with Gasteiger partial charge in [0.15, 0.2) is 0 Å². The SMILES string of the molecule is C=C[C@@H](Cc1ccccc1)N1C(=O)c2ccccc2C1=O. The molecule has 1 heterocycles. The van der Waals surface area contributed by atoms with Gasteiger partial charge in [-0.25, -0.2) is 0 Å². The van der Waals surface area contributed by atoms with Gasteiger partial charge in [-0.15, -0.1) is 6.58 Å². The predicted octanol–water partition coefficient (Wildman–Crippen LogP) is 3.08. The molecule has 0 aliphatic carbocycles. The first-order chi connectivity index (χ1) is 10.2. The van der Waals surface area contributed by atoms with Gasteiger partial charge >= 0.3 is 0 Å². The lowest BCUT2D eigenvalue weighted by Crippen LogP contribution is -2.39. The Labute approximate surface area is 123 Å². The second-order valence-corrected chi connectivity index (χ2v) is 5.02. The van der Waals surface area contributed by atoms with Gasteiger partial charge in [0.05, 0.1) is 17.2 Å². The highest BCUT2D eigenvalue weighted by molar-refractivity contribution is 6.21. The highest BCUT2D eigenvalue weighted by Gasteiger charge is 2.38. The third kappa shape index (κ3) is 2.27. The van der Waals surface area contributed by atoms with E-state index >= 15 is 0 Å². The summed E-state index contributed by atoms with van der Waals surface area (Å²) >= 11 is 0. The lowest BCUT2D eigenvalue weighted by Gasteiger charge is -2.23. The molecule has 0 saturated carbocycles. The van der Waals surface area contributed by atoms with Gasteiger partial charge in [-0.1, -0.05) is 48.5 Å². The minimum absolute atomic E-state index is 0.239. The van der Waals surface area contributed by atoms with Gasteiger partial charge in [0.2, 0.25) is 0 Å². The summed E-state index contributed by atoms with van der Waals surface area (Å²) in [7, 11) is 0. The summed E-state index contributed by atoms with van der Waals surface area (Å²) in [6.45, 7) is 3.79. The Hall–Kier alpha value is -2.68. The standard InChI is InChI=1S/C18H15NO2/c1-2-14(12-13-8-4-3-5-9-13)19-17(20)15-10-6-7-11-16(15)18(19)21/h2-11,14H,1,12H2/t14-/m0/s1. The van der Waals surface area contributed by atoms with Gasteiger partial charge in [-0.3, -0.25) is 14.5 Å². The van der Waals surface area contributed by atoms with Crippen LogP contribution in [-0.4, -0.2) is 22.8 Å². The Balaban J connectivity index is 1.91. The first kappa shape index (κ1) is 13.3. The molecular weight excluding hydrogens is 262 g/mol. The van der Waals surface area contributed by atoms with Crippen LogP contribution in [0, 0.1) is 0 Å². The van der Waals surface area contributed by atoms with Crippen LogP contribution >= 0.6 is 0 Å². The van der Waals surface area contributed by atoms with Crippen molar-refractivity contribution in [2.75, 3.05) is 0 Å². The Morgan fingerprint density at radius 3 is 1.95 bits per heavy atom. The number of hydrogen-bond donors (Lipinski definition) is 0. The maximum Gasteiger partial charge on any atom is 0.262 e. The van der Waals surface area contributed by atoms with Crippen LogP contribution in [0.5, 0.6) is 0 Å². The molecule has 1 aliphatic rings. The van der Waals surface area contributed by atoms with Crippen molar-refractivity contribution in [3.63, 3.8) is 0 Å². The zero-order valence-corrected chi connectivity index (χ0v) is 11.5. The Bertz CT molecular complexity index is 671. The van der Waals surface area contributed by atoms with Gasteiger partial charge in [0.25, 0.3) is 11.8 Å². The molecule has 1 aliphatic heterocycles. The molecular formula is C18H15NO2. The van der Waals surface area contributed by atoms with Crippen molar-refractivity contribution < 1.29 is 9.59 Å². The van der Waals surface area contributed by atoms with E-state index in [-0.39, 0.29) is 17.9 Å². The molecule has 3 nitrogen and oxygen atoms in total. The molecule has 0 unspecified atom stereocenters. The zero-order valence-electron chi connectivity index (χ0n) is 11.5. The zero-order chi connectivity index (χ0) is 14.8. The van der Waals surface area contributed by atoms with Gasteiger partial charge in [0, 0.05) is 0 Å². The van der Waals surface area contributed by atoms with Gasteiger partial charge < -0.3 is 0 Å². The Morgan fingerprint density at radius 2 is 1.43 bits per heavy atom. The maximum absolute atomic E-state index is 12.5. The van der Waals surface area contributed by atoms with Crippen LogP contribution in [0.1, 0.15) is 26.3 Å². The second kappa shape index (κ2) is 5.37. The molecule has 3 heteroatoms. The summed E-state index contributed by atoms with van der Waals surface area (Å²) in [4.78, 5) is 26.2. The summed E-state index contributed by atoms with van der Waals surface area (Å²) in [5.74, 6) is -0.479. The topological polar surface area (TPSA) is 37.4 Å². The second-order valence-electron chi connectivity index (χ2n) is 5.02. The number of rotatable bonds is 4. The summed E-state index contributed by atoms with van der Waals surface area (Å²) in [5.41, 5.74) is 2.02. The molecule has 2 amide bonds. The molecule has 0 N–H and O–H groups in total. The number of hydrogen-bond acceptors (Lipinski definition) is 2. The number of benzene rings is 2. The number of nitrogens with zero attached hydrogens (tertiary/aromatic N) is 1. The van der Waals surface area contributed by atoms with Gasteiger partial charge in [-0.05, 0) is 24.1 Å². The molecule has 0 radical (unpaired) electrons. The number of carbonyl (C=O) groups is 2. The predicted molar refractivity (Wildman–Crippen MR) is 81.1 cm³/mol. The first-order valence-corrected chi connectivity index (χ1v) is 6.86. The van der Waals surface area contributed by atoms with E-state index in [0.717, 1.165) is 5.56 Å². The maximum atomic E-state index is 12.5. The number of amides is 2. The lowest BCUT2D eigenvalue weighted by atomic mass is 10.0. The van der Waals surface area contributed by atoms with E-state index in [1.165, 1.54) is 4.90 Å². The molecule has 3 rings (SSSR count). The fourth-order valence-electron chi connectivity index (χ4n) is 2.64. The van der Waals surface area contributed by atoms with E-state index in [4.69, 9.17) is 0 Å². The highest BCUT2D eigenvalue weighted by atomic mass is 16.2. The minimum Gasteiger partial charge on any atom is -0.269 e. The largest absolute Gasteiger partial charge is 0.269 e. The van der Waals surface area contributed by atoms with Crippen LogP contribution in [0.4, 0.5) is 0 Å². The molecule has 2 aromatic rings. The van der Waals surface area contributed by atoms with E-state index in [2.05, 4.69) is 6.58 Å². The molecule has 2 aromatic carbocycles. The third-order valence-electron chi connectivity index (χ3n) is 3.72. The van der Waals surface area contributed by atoms with Gasteiger partial charge in [0.1, 0.15) is 0 Å². The fraction of sp³-hybridized carbons (Fsp3) is 0.111. The molecule has 0 fully saturated rings. The van der Waals surface area contributed by atoms with Crippen LogP contribution in [-0.2, 0) is 6.42 Å². The van der Waals surface area contributed by atoms with E-state index in [1.54, 1.807) is 30.3 Å². The summed E-state index contributed by atoms with van der Waals surface area (Å²) in [5, 5.41) is 0. The molecule has 0 bridgehead atoms. The van der Waals surface area contributed by atoms with Crippen molar-refractivity contribution in [2.24, 2.45) is 0 Å². The van der Waals surface area contributed by atoms with Crippen LogP contribution < -0.4 is 0 Å². The molecule has 0 saturated heterocycles. The number of imide groups is 1. The molecule has 104 valence electrons. The average molecular weight is 277 g/mol. The van der Waals surface area contributed by atoms with Crippen molar-refractivity contribution >= 4 is 11.8 Å². The Kier molecular flexibility index (Phi) is 3.40. The van der Waals surface area contributed by atoms with E-state index in [1.807, 2.05) is 30.3 Å². The van der Waals surface area contributed by atoms with Crippen LogP contribution in [0.3, 0.4) is 0 Å². The highest BCUT2D eigenvalue weighted by Crippen LogP contribution is 2.26. The molecule has 0 aromatic heterocycles. The van der Waals surface area contributed by atoms with Crippen LogP contribution in [0.25, 0.3) is 0 Å². The van der Waals surface area contributed by atoms with Crippen molar-refractivity contribution in [3.8, 4) is 0 Å². The lowest BCUT2D eigenvalue weighted by molar-refractivity contribution is 0.0615. The summed E-state index contributed by atoms with van der Waals surface area (Å²) in [6.07, 6.45) is 2.24. The van der Waals surface area contributed by atoms with Gasteiger partial charge in [-0.2, -0.15) is 0 Å². The smallest absolute Gasteiger partial charge is 0.262 e. The monoisotopic (exact) mass is 277 g/mol.